The number of ether oxygens (including phenoxy) is 4. The molecule has 16 aromatic rings. The van der Waals surface area contributed by atoms with E-state index in [1.807, 2.05) is 194 Å². The third-order valence-electron chi connectivity index (χ3n) is 13.3. The second-order valence-electron chi connectivity index (χ2n) is 18.9. The minimum Gasteiger partial charge on any atom is -0.416 e. The van der Waals surface area contributed by atoms with E-state index in [4.69, 9.17) is 28.5 Å². The van der Waals surface area contributed by atoms with Crippen LogP contribution in [-0.2, 0) is 14.4 Å². The van der Waals surface area contributed by atoms with Crippen molar-refractivity contribution in [2.75, 3.05) is 0 Å². The van der Waals surface area contributed by atoms with E-state index in [0.717, 1.165) is 86.2 Å². The van der Waals surface area contributed by atoms with Crippen molar-refractivity contribution in [2.24, 2.45) is 0 Å². The van der Waals surface area contributed by atoms with Gasteiger partial charge in [-0.1, -0.05) is 146 Å². The zero-order valence-electron chi connectivity index (χ0n) is 46.8. The standard InChI is InChI=1S/4C16H10N4O.C3H2O3/c4*1-3-7-13-11(5-1)9-17-19-15(13)21-16-14-8-4-2-6-12(14)10-18-20-16;4-1-3(6)2-5/h4*1-10H;1-2H. The van der Waals surface area contributed by atoms with Crippen LogP contribution in [0.3, 0.4) is 0 Å². The van der Waals surface area contributed by atoms with Crippen LogP contribution in [0.15, 0.2) is 244 Å². The average molecular weight is 1180 g/mol. The van der Waals surface area contributed by atoms with E-state index in [1.54, 1.807) is 49.6 Å². The first kappa shape index (κ1) is 57.1. The number of nitrogens with zero attached hydrogens (tertiary/aromatic N) is 16. The lowest BCUT2D eigenvalue weighted by atomic mass is 10.2. The van der Waals surface area contributed by atoms with Gasteiger partial charge in [0.2, 0.25) is 47.0 Å². The quantitative estimate of drug-likeness (QED) is 0.0698. The average Bonchev–Trinajstić information content (AvgIpc) is 2.07. The van der Waals surface area contributed by atoms with Crippen LogP contribution in [0.25, 0.3) is 86.2 Å². The molecular formula is C67H42N16O7. The normalized spacial score (nSPS) is 10.6. The molecule has 0 bridgehead atoms. The summed E-state index contributed by atoms with van der Waals surface area (Å²) < 4.78 is 23.4. The number of Topliss-reactive ketones (excluding diaryl/α,β-unsaturated/α-hetero) is 1. The fraction of sp³-hybridized carbons (Fsp3) is 0. The Labute approximate surface area is 508 Å². The molecule has 8 heterocycles. The van der Waals surface area contributed by atoms with Crippen LogP contribution in [0.2, 0.25) is 0 Å². The zero-order valence-corrected chi connectivity index (χ0v) is 46.8. The smallest absolute Gasteiger partial charge is 0.257 e. The Balaban J connectivity index is 0.000000113. The molecule has 0 unspecified atom stereocenters. The number of ketones is 1. The van der Waals surface area contributed by atoms with Gasteiger partial charge in [0.25, 0.3) is 5.78 Å². The molecule has 0 spiro atoms. The number of rotatable bonds is 10. The van der Waals surface area contributed by atoms with Crippen molar-refractivity contribution >= 4 is 105 Å². The maximum Gasteiger partial charge on any atom is 0.257 e. The Hall–Kier alpha value is -13.3. The van der Waals surface area contributed by atoms with Gasteiger partial charge < -0.3 is 18.9 Å². The highest BCUT2D eigenvalue weighted by Crippen LogP contribution is 2.34. The lowest BCUT2D eigenvalue weighted by molar-refractivity contribution is -0.135. The van der Waals surface area contributed by atoms with Crippen molar-refractivity contribution in [3.63, 3.8) is 0 Å². The number of aromatic nitrogens is 16. The first-order chi connectivity index (χ1) is 44.5. The molecule has 0 amide bonds. The minimum absolute atomic E-state index is 0.0347. The van der Waals surface area contributed by atoms with Gasteiger partial charge in [-0.15, -0.1) is 40.8 Å². The summed E-state index contributed by atoms with van der Waals surface area (Å²) in [6, 6.07) is 62.3. The zero-order chi connectivity index (χ0) is 61.3. The van der Waals surface area contributed by atoms with Crippen LogP contribution in [0.5, 0.6) is 47.0 Å². The molecule has 0 atom stereocenters. The van der Waals surface area contributed by atoms with Crippen molar-refractivity contribution in [2.45, 2.75) is 0 Å². The Kier molecular flexibility index (Phi) is 17.5. The summed E-state index contributed by atoms with van der Waals surface area (Å²) in [5.41, 5.74) is 0. The summed E-state index contributed by atoms with van der Waals surface area (Å²) in [7, 11) is 0. The van der Waals surface area contributed by atoms with Gasteiger partial charge in [0.1, 0.15) is 0 Å². The Morgan fingerprint density at radius 1 is 0.222 bits per heavy atom. The molecule has 90 heavy (non-hydrogen) atoms. The molecule has 23 heteroatoms. The first-order valence-electron chi connectivity index (χ1n) is 27.3. The van der Waals surface area contributed by atoms with E-state index in [2.05, 4.69) is 81.6 Å². The fourth-order valence-electron chi connectivity index (χ4n) is 9.01. The van der Waals surface area contributed by atoms with Gasteiger partial charge in [0.15, 0.2) is 12.6 Å². The van der Waals surface area contributed by atoms with Crippen molar-refractivity contribution in [3.05, 3.63) is 244 Å². The molecular weight excluding hydrogens is 1140 g/mol. The van der Waals surface area contributed by atoms with Crippen molar-refractivity contribution in [1.82, 2.24) is 81.6 Å². The second kappa shape index (κ2) is 27.6. The molecule has 0 N–H and O–H groups in total. The summed E-state index contributed by atoms with van der Waals surface area (Å²) in [4.78, 5) is 27.8. The van der Waals surface area contributed by atoms with E-state index in [-0.39, 0.29) is 12.6 Å². The number of carbonyl (C=O) groups excluding carboxylic acids is 3. The summed E-state index contributed by atoms with van der Waals surface area (Å²) in [6.45, 7) is 0. The van der Waals surface area contributed by atoms with Gasteiger partial charge in [-0.2, -0.15) is 40.8 Å². The lowest BCUT2D eigenvalue weighted by Gasteiger charge is -2.07. The molecule has 432 valence electrons. The highest BCUT2D eigenvalue weighted by atomic mass is 16.5. The summed E-state index contributed by atoms with van der Waals surface area (Å²) in [5.74, 6) is 2.42. The number of carbonyl (C=O) groups is 3. The number of hydrogen-bond acceptors (Lipinski definition) is 23. The Morgan fingerprint density at radius 3 is 0.478 bits per heavy atom. The number of benzene rings is 8. The van der Waals surface area contributed by atoms with E-state index >= 15 is 0 Å². The van der Waals surface area contributed by atoms with E-state index < -0.39 is 5.78 Å². The van der Waals surface area contributed by atoms with Crippen molar-refractivity contribution in [1.29, 1.82) is 0 Å². The van der Waals surface area contributed by atoms with E-state index in [0.29, 0.717) is 47.0 Å². The largest absolute Gasteiger partial charge is 0.416 e. The molecule has 0 saturated heterocycles. The van der Waals surface area contributed by atoms with Gasteiger partial charge in [0, 0.05) is 86.2 Å². The molecule has 23 nitrogen and oxygen atoms in total. The SMILES string of the molecule is O=CC(=O)C=O.c1ccc2c(Oc3nncc4ccccc34)nncc2c1.c1ccc2c(Oc3nncc4ccccc34)nncc2c1.c1ccc2c(Oc3nncc4ccccc34)nncc2c1.c1ccc2c(Oc3nncc4ccccc34)nncc2c1. The Morgan fingerprint density at radius 2 is 0.356 bits per heavy atom. The summed E-state index contributed by atoms with van der Waals surface area (Å²) >= 11 is 0. The van der Waals surface area contributed by atoms with Gasteiger partial charge in [-0.25, -0.2) is 0 Å². The van der Waals surface area contributed by atoms with Crippen LogP contribution in [0, 0.1) is 0 Å². The molecule has 0 radical (unpaired) electrons. The third kappa shape index (κ3) is 13.3. The van der Waals surface area contributed by atoms with Crippen LogP contribution >= 0.6 is 0 Å². The maximum atomic E-state index is 9.44. The monoisotopic (exact) mass is 1180 g/mol. The van der Waals surface area contributed by atoms with Crippen LogP contribution in [0.4, 0.5) is 0 Å². The first-order valence-corrected chi connectivity index (χ1v) is 27.3. The predicted molar refractivity (Wildman–Crippen MR) is 334 cm³/mol. The van der Waals surface area contributed by atoms with Crippen LogP contribution in [-0.4, -0.2) is 99.9 Å². The number of hydrogen-bond donors (Lipinski definition) is 0. The topological polar surface area (TPSA) is 294 Å². The minimum atomic E-state index is -1.02. The van der Waals surface area contributed by atoms with Gasteiger partial charge >= 0.3 is 0 Å². The fourth-order valence-corrected chi connectivity index (χ4v) is 9.01. The molecule has 8 aromatic carbocycles. The van der Waals surface area contributed by atoms with Crippen LogP contribution in [0.1, 0.15) is 0 Å². The van der Waals surface area contributed by atoms with Crippen LogP contribution < -0.4 is 18.9 Å². The highest BCUT2D eigenvalue weighted by molar-refractivity contribution is 6.50. The second-order valence-corrected chi connectivity index (χ2v) is 18.9. The molecule has 8 aromatic heterocycles. The van der Waals surface area contributed by atoms with Gasteiger partial charge in [0.05, 0.1) is 49.6 Å². The van der Waals surface area contributed by atoms with Gasteiger partial charge in [-0.3, -0.25) is 14.4 Å². The predicted octanol–water partition coefficient (Wildman–Crippen LogP) is 12.4. The van der Waals surface area contributed by atoms with Crippen molar-refractivity contribution < 1.29 is 33.3 Å². The van der Waals surface area contributed by atoms with E-state index in [9.17, 15) is 4.79 Å². The molecule has 0 aliphatic carbocycles. The molecule has 0 fully saturated rings. The maximum absolute atomic E-state index is 9.44. The molecule has 0 saturated carbocycles. The Bertz CT molecular complexity index is 4260. The third-order valence-corrected chi connectivity index (χ3v) is 13.3. The van der Waals surface area contributed by atoms with Crippen molar-refractivity contribution in [3.8, 4) is 47.0 Å². The summed E-state index contributed by atoms with van der Waals surface area (Å²) in [5, 5.41) is 79.2. The van der Waals surface area contributed by atoms with E-state index in [1.165, 1.54) is 0 Å². The molecule has 0 aliphatic rings. The molecule has 0 aliphatic heterocycles. The highest BCUT2D eigenvalue weighted by Gasteiger charge is 2.15. The lowest BCUT2D eigenvalue weighted by Crippen LogP contribution is -1.97. The van der Waals surface area contributed by atoms with Gasteiger partial charge in [-0.05, 0) is 48.5 Å². The molecule has 16 rings (SSSR count). The number of fused-ring (bicyclic) bond motifs is 8. The number of aldehydes is 2. The summed E-state index contributed by atoms with van der Waals surface area (Å²) in [6.07, 6.45) is 13.6.